The van der Waals surface area contributed by atoms with Gasteiger partial charge in [-0.2, -0.15) is 0 Å². The van der Waals surface area contributed by atoms with Crippen molar-refractivity contribution in [2.24, 2.45) is 0 Å². The maximum atomic E-state index is 12.6. The molecule has 0 saturated heterocycles. The van der Waals surface area contributed by atoms with Crippen LogP contribution in [0.1, 0.15) is 28.8 Å². The van der Waals surface area contributed by atoms with Crippen molar-refractivity contribution in [1.82, 2.24) is 4.98 Å². The topological polar surface area (TPSA) is 99.3 Å². The molecule has 0 bridgehead atoms. The first-order valence-electron chi connectivity index (χ1n) is 9.36. The second-order valence-corrected chi connectivity index (χ2v) is 6.79. The molecule has 1 heterocycles. The van der Waals surface area contributed by atoms with Gasteiger partial charge in [0.1, 0.15) is 5.69 Å². The number of rotatable bonds is 8. The maximum absolute atomic E-state index is 12.6. The SMILES string of the molecule is O=C(O)Cc1cc(Cc2ccccc2)[nH]c(=O)c1NC(=O)CCc1ccccc1. The van der Waals surface area contributed by atoms with Crippen LogP contribution in [-0.4, -0.2) is 22.0 Å². The number of H-pyrrole nitrogens is 1. The first-order chi connectivity index (χ1) is 14.0. The second-order valence-electron chi connectivity index (χ2n) is 6.79. The summed E-state index contributed by atoms with van der Waals surface area (Å²) in [5.41, 5.74) is 2.40. The Labute approximate surface area is 168 Å². The monoisotopic (exact) mass is 390 g/mol. The number of aromatic amines is 1. The van der Waals surface area contributed by atoms with Crippen LogP contribution in [0.5, 0.6) is 0 Å². The second kappa shape index (κ2) is 9.50. The third-order valence-corrected chi connectivity index (χ3v) is 4.50. The molecule has 6 heteroatoms. The van der Waals surface area contributed by atoms with E-state index < -0.39 is 11.5 Å². The van der Waals surface area contributed by atoms with Crippen LogP contribution < -0.4 is 10.9 Å². The lowest BCUT2D eigenvalue weighted by molar-refractivity contribution is -0.136. The number of hydrogen-bond donors (Lipinski definition) is 3. The van der Waals surface area contributed by atoms with Gasteiger partial charge >= 0.3 is 5.97 Å². The Bertz CT molecular complexity index is 1040. The van der Waals surface area contributed by atoms with Crippen LogP contribution in [0.25, 0.3) is 0 Å². The Balaban J connectivity index is 1.78. The van der Waals surface area contributed by atoms with Gasteiger partial charge in [-0.05, 0) is 29.2 Å². The van der Waals surface area contributed by atoms with Gasteiger partial charge in [0, 0.05) is 18.5 Å². The molecule has 0 spiro atoms. The molecule has 0 aliphatic rings. The smallest absolute Gasteiger partial charge is 0.307 e. The molecule has 3 N–H and O–H groups in total. The van der Waals surface area contributed by atoms with Gasteiger partial charge in [-0.15, -0.1) is 0 Å². The number of carboxylic acid groups (broad SMARTS) is 1. The van der Waals surface area contributed by atoms with E-state index in [1.807, 2.05) is 60.7 Å². The summed E-state index contributed by atoms with van der Waals surface area (Å²) in [6, 6.07) is 20.7. The van der Waals surface area contributed by atoms with Crippen molar-refractivity contribution in [2.45, 2.75) is 25.7 Å². The number of pyridine rings is 1. The minimum absolute atomic E-state index is 0.00210. The predicted octanol–water partition coefficient (Wildman–Crippen LogP) is 3.16. The van der Waals surface area contributed by atoms with Crippen molar-refractivity contribution >= 4 is 17.6 Å². The van der Waals surface area contributed by atoms with Crippen LogP contribution in [-0.2, 0) is 28.9 Å². The van der Waals surface area contributed by atoms with E-state index in [0.29, 0.717) is 24.1 Å². The zero-order valence-electron chi connectivity index (χ0n) is 15.9. The summed E-state index contributed by atoms with van der Waals surface area (Å²) < 4.78 is 0. The summed E-state index contributed by atoms with van der Waals surface area (Å²) in [6.45, 7) is 0. The number of carboxylic acids is 1. The third-order valence-electron chi connectivity index (χ3n) is 4.50. The number of aryl methyl sites for hydroxylation is 1. The highest BCUT2D eigenvalue weighted by molar-refractivity contribution is 5.92. The van der Waals surface area contributed by atoms with Crippen LogP contribution in [0.4, 0.5) is 5.69 Å². The van der Waals surface area contributed by atoms with E-state index in [2.05, 4.69) is 10.3 Å². The number of carbonyl (C=O) groups excluding carboxylic acids is 1. The summed E-state index contributed by atoms with van der Waals surface area (Å²) in [5, 5.41) is 11.8. The molecule has 29 heavy (non-hydrogen) atoms. The lowest BCUT2D eigenvalue weighted by Crippen LogP contribution is -2.24. The largest absolute Gasteiger partial charge is 0.481 e. The highest BCUT2D eigenvalue weighted by Crippen LogP contribution is 2.16. The fourth-order valence-corrected chi connectivity index (χ4v) is 3.13. The number of nitrogens with one attached hydrogen (secondary N) is 2. The molecule has 6 nitrogen and oxygen atoms in total. The maximum Gasteiger partial charge on any atom is 0.307 e. The van der Waals surface area contributed by atoms with Crippen molar-refractivity contribution < 1.29 is 14.7 Å². The van der Waals surface area contributed by atoms with Crippen molar-refractivity contribution in [3.05, 3.63) is 99.5 Å². The van der Waals surface area contributed by atoms with E-state index in [-0.39, 0.29) is 24.4 Å². The molecule has 0 saturated carbocycles. The van der Waals surface area contributed by atoms with E-state index >= 15 is 0 Å². The lowest BCUT2D eigenvalue weighted by atomic mass is 10.0. The first kappa shape index (κ1) is 20.1. The minimum atomic E-state index is -1.07. The summed E-state index contributed by atoms with van der Waals surface area (Å²) >= 11 is 0. The molecule has 1 amide bonds. The Hall–Kier alpha value is -3.67. The Kier molecular flexibility index (Phi) is 6.58. The molecule has 0 aliphatic carbocycles. The van der Waals surface area contributed by atoms with Gasteiger partial charge in [-0.3, -0.25) is 14.4 Å². The third kappa shape index (κ3) is 5.90. The number of aromatic nitrogens is 1. The van der Waals surface area contributed by atoms with E-state index in [4.69, 9.17) is 0 Å². The molecule has 0 fully saturated rings. The predicted molar refractivity (Wildman–Crippen MR) is 111 cm³/mol. The average molecular weight is 390 g/mol. The molecular weight excluding hydrogens is 368 g/mol. The number of amides is 1. The molecule has 0 atom stereocenters. The van der Waals surface area contributed by atoms with Gasteiger partial charge in [-0.1, -0.05) is 60.7 Å². The van der Waals surface area contributed by atoms with Gasteiger partial charge in [0.15, 0.2) is 0 Å². The molecule has 0 aliphatic heterocycles. The standard InChI is InChI=1S/C23H22N2O4/c26-20(12-11-16-7-3-1-4-8-16)25-22-18(15-21(27)28)14-19(24-23(22)29)13-17-9-5-2-6-10-17/h1-10,14H,11-13,15H2,(H,24,29)(H,25,26)(H,27,28). The summed E-state index contributed by atoms with van der Waals surface area (Å²) in [5.74, 6) is -1.40. The molecular formula is C23H22N2O4. The van der Waals surface area contributed by atoms with Crippen LogP contribution in [0.3, 0.4) is 0 Å². The highest BCUT2D eigenvalue weighted by atomic mass is 16.4. The van der Waals surface area contributed by atoms with E-state index in [0.717, 1.165) is 11.1 Å². The zero-order valence-corrected chi connectivity index (χ0v) is 15.9. The van der Waals surface area contributed by atoms with Crippen molar-refractivity contribution in [2.75, 3.05) is 5.32 Å². The van der Waals surface area contributed by atoms with E-state index in [9.17, 15) is 19.5 Å². The number of hydrogen-bond acceptors (Lipinski definition) is 3. The number of aliphatic carboxylic acids is 1. The fraction of sp³-hybridized carbons (Fsp3) is 0.174. The molecule has 0 radical (unpaired) electrons. The number of anilines is 1. The molecule has 148 valence electrons. The molecule has 3 rings (SSSR count). The van der Waals surface area contributed by atoms with Crippen molar-refractivity contribution in [1.29, 1.82) is 0 Å². The Morgan fingerprint density at radius 3 is 2.17 bits per heavy atom. The van der Waals surface area contributed by atoms with Gasteiger partial charge in [0.2, 0.25) is 5.91 Å². The molecule has 2 aromatic carbocycles. The lowest BCUT2D eigenvalue weighted by Gasteiger charge is -2.12. The number of benzene rings is 2. The Morgan fingerprint density at radius 1 is 0.931 bits per heavy atom. The van der Waals surface area contributed by atoms with Crippen LogP contribution in [0, 0.1) is 0 Å². The summed E-state index contributed by atoms with van der Waals surface area (Å²) in [7, 11) is 0. The van der Waals surface area contributed by atoms with E-state index in [1.54, 1.807) is 6.07 Å². The highest BCUT2D eigenvalue weighted by Gasteiger charge is 2.15. The summed E-state index contributed by atoms with van der Waals surface area (Å²) in [4.78, 5) is 38.9. The molecule has 0 unspecified atom stereocenters. The molecule has 3 aromatic rings. The van der Waals surface area contributed by atoms with Gasteiger partial charge in [0.05, 0.1) is 6.42 Å². The van der Waals surface area contributed by atoms with Crippen LogP contribution in [0.2, 0.25) is 0 Å². The van der Waals surface area contributed by atoms with Crippen LogP contribution in [0.15, 0.2) is 71.5 Å². The number of carbonyl (C=O) groups is 2. The van der Waals surface area contributed by atoms with Crippen molar-refractivity contribution in [3.63, 3.8) is 0 Å². The first-order valence-corrected chi connectivity index (χ1v) is 9.36. The van der Waals surface area contributed by atoms with Gasteiger partial charge in [0.25, 0.3) is 5.56 Å². The summed E-state index contributed by atoms with van der Waals surface area (Å²) in [6.07, 6.45) is 0.845. The van der Waals surface area contributed by atoms with Crippen molar-refractivity contribution in [3.8, 4) is 0 Å². The molecule has 1 aromatic heterocycles. The quantitative estimate of drug-likeness (QED) is 0.550. The minimum Gasteiger partial charge on any atom is -0.481 e. The normalized spacial score (nSPS) is 10.5. The zero-order chi connectivity index (χ0) is 20.6. The van der Waals surface area contributed by atoms with Gasteiger partial charge in [-0.25, -0.2) is 0 Å². The van der Waals surface area contributed by atoms with Crippen LogP contribution >= 0.6 is 0 Å². The van der Waals surface area contributed by atoms with E-state index in [1.165, 1.54) is 0 Å². The Morgan fingerprint density at radius 2 is 1.55 bits per heavy atom. The van der Waals surface area contributed by atoms with Gasteiger partial charge < -0.3 is 15.4 Å². The average Bonchev–Trinajstić information content (AvgIpc) is 2.70. The fourth-order valence-electron chi connectivity index (χ4n) is 3.13.